The largest absolute Gasteiger partial charge is 0.487 e. The molecular formula is C10H13IN2O. The van der Waals surface area contributed by atoms with Crippen LogP contribution in [0.4, 0.5) is 0 Å². The van der Waals surface area contributed by atoms with Gasteiger partial charge in [0.25, 0.3) is 0 Å². The molecule has 14 heavy (non-hydrogen) atoms. The van der Waals surface area contributed by atoms with Crippen molar-refractivity contribution in [3.63, 3.8) is 0 Å². The number of pyridine rings is 1. The molecule has 2 rings (SSSR count). The molecule has 1 aromatic rings. The van der Waals surface area contributed by atoms with Gasteiger partial charge in [0.1, 0.15) is 15.6 Å². The molecule has 76 valence electrons. The maximum atomic E-state index is 5.91. The monoisotopic (exact) mass is 304 g/mol. The van der Waals surface area contributed by atoms with Crippen molar-refractivity contribution < 1.29 is 4.74 Å². The first-order chi connectivity index (χ1) is 6.75. The van der Waals surface area contributed by atoms with E-state index in [1.165, 1.54) is 6.42 Å². The first-order valence-corrected chi connectivity index (χ1v) is 5.87. The normalized spacial score (nSPS) is 26.4. The standard InChI is InChI=1S/C10H13IN2O/c11-10-5-4-7(6-13-10)14-9-3-1-2-8(9)12/h4-6,8-9H,1-3,12H2/t8-,9-/m1/s1. The minimum Gasteiger partial charge on any atom is -0.487 e. The summed E-state index contributed by atoms with van der Waals surface area (Å²) >= 11 is 2.17. The van der Waals surface area contributed by atoms with Crippen molar-refractivity contribution in [3.8, 4) is 5.75 Å². The summed E-state index contributed by atoms with van der Waals surface area (Å²) in [7, 11) is 0. The van der Waals surface area contributed by atoms with E-state index in [-0.39, 0.29) is 12.1 Å². The lowest BCUT2D eigenvalue weighted by Crippen LogP contribution is -2.33. The summed E-state index contributed by atoms with van der Waals surface area (Å²) < 4.78 is 6.73. The zero-order chi connectivity index (χ0) is 9.97. The fourth-order valence-corrected chi connectivity index (χ4v) is 2.03. The number of hydrogen-bond donors (Lipinski definition) is 1. The van der Waals surface area contributed by atoms with E-state index in [1.54, 1.807) is 6.20 Å². The van der Waals surface area contributed by atoms with Crippen LogP contribution in [0.5, 0.6) is 5.75 Å². The Morgan fingerprint density at radius 2 is 2.29 bits per heavy atom. The molecule has 4 heteroatoms. The van der Waals surface area contributed by atoms with Gasteiger partial charge in [-0.05, 0) is 54.0 Å². The zero-order valence-electron chi connectivity index (χ0n) is 7.82. The van der Waals surface area contributed by atoms with Gasteiger partial charge in [-0.25, -0.2) is 4.98 Å². The molecule has 2 atom stereocenters. The van der Waals surface area contributed by atoms with Gasteiger partial charge in [0.05, 0.1) is 6.20 Å². The number of hydrogen-bond acceptors (Lipinski definition) is 3. The quantitative estimate of drug-likeness (QED) is 0.671. The van der Waals surface area contributed by atoms with E-state index in [0.29, 0.717) is 0 Å². The number of halogens is 1. The lowest BCUT2D eigenvalue weighted by molar-refractivity contribution is 0.191. The lowest BCUT2D eigenvalue weighted by atomic mass is 10.2. The maximum absolute atomic E-state index is 5.91. The summed E-state index contributed by atoms with van der Waals surface area (Å²) in [6, 6.07) is 4.07. The minimum absolute atomic E-state index is 0.178. The molecule has 0 aliphatic heterocycles. The first-order valence-electron chi connectivity index (χ1n) is 4.79. The Balaban J connectivity index is 2.00. The number of ether oxygens (including phenoxy) is 1. The molecule has 3 nitrogen and oxygen atoms in total. The van der Waals surface area contributed by atoms with Crippen molar-refractivity contribution >= 4 is 22.6 Å². The summed E-state index contributed by atoms with van der Waals surface area (Å²) in [5, 5.41) is 0. The Kier molecular flexibility index (Phi) is 3.22. The van der Waals surface area contributed by atoms with Crippen molar-refractivity contribution in [2.45, 2.75) is 31.4 Å². The summed E-state index contributed by atoms with van der Waals surface area (Å²) in [6.45, 7) is 0. The molecule has 0 aromatic carbocycles. The second-order valence-corrected chi connectivity index (χ2v) is 4.67. The van der Waals surface area contributed by atoms with Crippen LogP contribution in [0.3, 0.4) is 0 Å². The number of nitrogens with zero attached hydrogens (tertiary/aromatic N) is 1. The van der Waals surface area contributed by atoms with Gasteiger partial charge in [-0.2, -0.15) is 0 Å². The molecule has 0 unspecified atom stereocenters. The van der Waals surface area contributed by atoms with Crippen molar-refractivity contribution in [2.24, 2.45) is 5.73 Å². The number of aromatic nitrogens is 1. The third-order valence-corrected chi connectivity index (χ3v) is 3.13. The fraction of sp³-hybridized carbons (Fsp3) is 0.500. The molecule has 0 spiro atoms. The van der Waals surface area contributed by atoms with Crippen molar-refractivity contribution in [2.75, 3.05) is 0 Å². The highest BCUT2D eigenvalue weighted by Gasteiger charge is 2.25. The van der Waals surface area contributed by atoms with Gasteiger partial charge in [0.2, 0.25) is 0 Å². The smallest absolute Gasteiger partial charge is 0.138 e. The molecule has 0 amide bonds. The highest BCUT2D eigenvalue weighted by Crippen LogP contribution is 2.23. The van der Waals surface area contributed by atoms with Crippen LogP contribution in [0.1, 0.15) is 19.3 Å². The van der Waals surface area contributed by atoms with Crippen LogP contribution < -0.4 is 10.5 Å². The third kappa shape index (κ3) is 2.36. The molecule has 1 aliphatic rings. The van der Waals surface area contributed by atoms with E-state index in [2.05, 4.69) is 27.6 Å². The highest BCUT2D eigenvalue weighted by molar-refractivity contribution is 14.1. The number of nitrogens with two attached hydrogens (primary N) is 1. The van der Waals surface area contributed by atoms with E-state index < -0.39 is 0 Å². The van der Waals surface area contributed by atoms with Crippen LogP contribution in [0, 0.1) is 3.70 Å². The Hall–Kier alpha value is -0.360. The highest BCUT2D eigenvalue weighted by atomic mass is 127. The fourth-order valence-electron chi connectivity index (χ4n) is 1.71. The molecule has 1 aliphatic carbocycles. The van der Waals surface area contributed by atoms with Crippen LogP contribution in [0.25, 0.3) is 0 Å². The Morgan fingerprint density at radius 3 is 2.86 bits per heavy atom. The van der Waals surface area contributed by atoms with Gasteiger partial charge < -0.3 is 10.5 Å². The molecule has 1 fully saturated rings. The average molecular weight is 304 g/mol. The molecule has 0 bridgehead atoms. The Morgan fingerprint density at radius 1 is 1.43 bits per heavy atom. The molecule has 0 saturated heterocycles. The third-order valence-electron chi connectivity index (χ3n) is 2.49. The van der Waals surface area contributed by atoms with Gasteiger partial charge >= 0.3 is 0 Å². The van der Waals surface area contributed by atoms with Gasteiger partial charge in [0.15, 0.2) is 0 Å². The molecular weight excluding hydrogens is 291 g/mol. The van der Waals surface area contributed by atoms with Gasteiger partial charge in [-0.3, -0.25) is 0 Å². The average Bonchev–Trinajstić information content (AvgIpc) is 2.56. The second-order valence-electron chi connectivity index (χ2n) is 3.57. The maximum Gasteiger partial charge on any atom is 0.138 e. The summed E-state index contributed by atoms with van der Waals surface area (Å²) in [5.41, 5.74) is 5.91. The van der Waals surface area contributed by atoms with Crippen molar-refractivity contribution in [1.29, 1.82) is 0 Å². The molecule has 0 radical (unpaired) electrons. The Bertz CT molecular complexity index is 301. The Labute approximate surface area is 97.2 Å². The van der Waals surface area contributed by atoms with Crippen LogP contribution in [-0.2, 0) is 0 Å². The zero-order valence-corrected chi connectivity index (χ0v) is 9.98. The van der Waals surface area contributed by atoms with Crippen LogP contribution in [0.2, 0.25) is 0 Å². The minimum atomic E-state index is 0.178. The second kappa shape index (κ2) is 4.44. The topological polar surface area (TPSA) is 48.1 Å². The van der Waals surface area contributed by atoms with Crippen molar-refractivity contribution in [3.05, 3.63) is 22.0 Å². The van der Waals surface area contributed by atoms with E-state index in [4.69, 9.17) is 10.5 Å². The van der Waals surface area contributed by atoms with E-state index in [9.17, 15) is 0 Å². The first kappa shape index (κ1) is 10.2. The SMILES string of the molecule is N[C@@H]1CCC[C@H]1Oc1ccc(I)nc1. The predicted octanol–water partition coefficient (Wildman–Crippen LogP) is 1.94. The molecule has 1 aromatic heterocycles. The molecule has 2 N–H and O–H groups in total. The van der Waals surface area contributed by atoms with Gasteiger partial charge in [-0.1, -0.05) is 0 Å². The van der Waals surface area contributed by atoms with E-state index in [0.717, 1.165) is 22.3 Å². The van der Waals surface area contributed by atoms with Gasteiger partial charge in [0, 0.05) is 6.04 Å². The summed E-state index contributed by atoms with van der Waals surface area (Å²) in [5.74, 6) is 0.827. The van der Waals surface area contributed by atoms with Gasteiger partial charge in [-0.15, -0.1) is 0 Å². The van der Waals surface area contributed by atoms with Crippen LogP contribution in [0.15, 0.2) is 18.3 Å². The number of rotatable bonds is 2. The van der Waals surface area contributed by atoms with E-state index >= 15 is 0 Å². The summed E-state index contributed by atoms with van der Waals surface area (Å²) in [6.07, 6.45) is 5.24. The van der Waals surface area contributed by atoms with Crippen LogP contribution >= 0.6 is 22.6 Å². The van der Waals surface area contributed by atoms with E-state index in [1.807, 2.05) is 12.1 Å². The lowest BCUT2D eigenvalue weighted by Gasteiger charge is -2.17. The molecule has 1 heterocycles. The van der Waals surface area contributed by atoms with Crippen molar-refractivity contribution in [1.82, 2.24) is 4.98 Å². The predicted molar refractivity (Wildman–Crippen MR) is 63.2 cm³/mol. The molecule has 1 saturated carbocycles. The van der Waals surface area contributed by atoms with Crippen LogP contribution in [-0.4, -0.2) is 17.1 Å². The summed E-state index contributed by atoms with van der Waals surface area (Å²) in [4.78, 5) is 4.17.